The van der Waals surface area contributed by atoms with Crippen LogP contribution in [0.3, 0.4) is 0 Å². The third-order valence-corrected chi connectivity index (χ3v) is 3.63. The van der Waals surface area contributed by atoms with Gasteiger partial charge in [0.15, 0.2) is 5.78 Å². The first-order valence-electron chi connectivity index (χ1n) is 5.78. The van der Waals surface area contributed by atoms with Crippen LogP contribution in [0.1, 0.15) is 16.1 Å². The van der Waals surface area contributed by atoms with E-state index in [9.17, 15) is 9.59 Å². The summed E-state index contributed by atoms with van der Waals surface area (Å²) in [5.74, 6) is -0.108. The van der Waals surface area contributed by atoms with E-state index >= 15 is 0 Å². The molecule has 0 unspecified atom stereocenters. The molecule has 1 aromatic carbocycles. The fourth-order valence-corrected chi connectivity index (χ4v) is 2.67. The predicted octanol–water partition coefficient (Wildman–Crippen LogP) is 1.98. The van der Waals surface area contributed by atoms with Crippen LogP contribution in [-0.2, 0) is 6.54 Å². The molecule has 0 bridgehead atoms. The van der Waals surface area contributed by atoms with Gasteiger partial charge in [0.1, 0.15) is 12.1 Å². The van der Waals surface area contributed by atoms with Crippen molar-refractivity contribution in [1.29, 1.82) is 0 Å². The lowest BCUT2D eigenvalue weighted by Crippen LogP contribution is -2.21. The number of fused-ring (bicyclic) bond motifs is 1. The molecular formula is C13H11N3O2S. The molecule has 1 N–H and O–H groups in total. The van der Waals surface area contributed by atoms with Crippen molar-refractivity contribution in [3.05, 3.63) is 50.7 Å². The van der Waals surface area contributed by atoms with Crippen molar-refractivity contribution in [2.45, 2.75) is 13.5 Å². The molecule has 0 aliphatic rings. The van der Waals surface area contributed by atoms with Crippen LogP contribution in [-0.4, -0.2) is 20.5 Å². The van der Waals surface area contributed by atoms with Crippen LogP contribution < -0.4 is 4.87 Å². The highest BCUT2D eigenvalue weighted by Gasteiger charge is 2.17. The Hall–Kier alpha value is -2.21. The summed E-state index contributed by atoms with van der Waals surface area (Å²) in [6, 6.07) is 7.63. The number of aromatic nitrogens is 3. The molecule has 0 aliphatic carbocycles. The van der Waals surface area contributed by atoms with Crippen molar-refractivity contribution in [2.75, 3.05) is 0 Å². The highest BCUT2D eigenvalue weighted by molar-refractivity contribution is 7.06. The Morgan fingerprint density at radius 1 is 1.42 bits per heavy atom. The fraction of sp³-hybridized carbons (Fsp3) is 0.154. The maximum atomic E-state index is 12.3. The van der Waals surface area contributed by atoms with E-state index in [4.69, 9.17) is 0 Å². The van der Waals surface area contributed by atoms with Gasteiger partial charge in [-0.2, -0.15) is 5.10 Å². The smallest absolute Gasteiger partial charge is 0.325 e. The van der Waals surface area contributed by atoms with Crippen LogP contribution in [0.4, 0.5) is 0 Å². The van der Waals surface area contributed by atoms with Crippen LogP contribution in [0.25, 0.3) is 10.9 Å². The monoisotopic (exact) mass is 273 g/mol. The number of H-pyrrole nitrogens is 1. The first kappa shape index (κ1) is 11.9. The Morgan fingerprint density at radius 3 is 2.95 bits per heavy atom. The third-order valence-electron chi connectivity index (χ3n) is 3.02. The number of aromatic amines is 1. The topological polar surface area (TPSA) is 67.8 Å². The van der Waals surface area contributed by atoms with Gasteiger partial charge in [0.2, 0.25) is 0 Å². The van der Waals surface area contributed by atoms with Crippen LogP contribution in [0.5, 0.6) is 0 Å². The lowest BCUT2D eigenvalue weighted by molar-refractivity contribution is 0.0967. The van der Waals surface area contributed by atoms with Crippen molar-refractivity contribution in [1.82, 2.24) is 14.8 Å². The Balaban J connectivity index is 2.05. The van der Waals surface area contributed by atoms with Crippen LogP contribution in [0.2, 0.25) is 0 Å². The van der Waals surface area contributed by atoms with Gasteiger partial charge in [-0.1, -0.05) is 29.5 Å². The van der Waals surface area contributed by atoms with Gasteiger partial charge in [-0.15, -0.1) is 0 Å². The van der Waals surface area contributed by atoms with Crippen molar-refractivity contribution in [2.24, 2.45) is 0 Å². The predicted molar refractivity (Wildman–Crippen MR) is 73.7 cm³/mol. The number of para-hydroxylation sites is 1. The summed E-state index contributed by atoms with van der Waals surface area (Å²) in [5, 5.41) is 4.75. The molecular weight excluding hydrogens is 262 g/mol. The normalized spacial score (nSPS) is 11.0. The summed E-state index contributed by atoms with van der Waals surface area (Å²) >= 11 is 0.988. The van der Waals surface area contributed by atoms with E-state index in [1.165, 1.54) is 10.2 Å². The standard InChI is InChI=1S/C13H11N3O2S/c1-8-12(9-4-2-3-5-10(9)15-8)11(17)6-16-13(18)19-7-14-16/h2-5,7,15H,6H2,1H3. The number of hydrogen-bond acceptors (Lipinski definition) is 4. The van der Waals surface area contributed by atoms with Gasteiger partial charge < -0.3 is 4.98 Å². The SMILES string of the molecule is Cc1[nH]c2ccccc2c1C(=O)Cn1ncsc1=O. The molecule has 0 atom stereocenters. The van der Waals surface area contributed by atoms with E-state index < -0.39 is 0 Å². The van der Waals surface area contributed by atoms with E-state index in [1.54, 1.807) is 0 Å². The molecule has 19 heavy (non-hydrogen) atoms. The van der Waals surface area contributed by atoms with Crippen LogP contribution in [0.15, 0.2) is 34.6 Å². The molecule has 3 aromatic rings. The molecule has 2 heterocycles. The summed E-state index contributed by atoms with van der Waals surface area (Å²) < 4.78 is 1.19. The lowest BCUT2D eigenvalue weighted by atomic mass is 10.1. The van der Waals surface area contributed by atoms with Crippen LogP contribution >= 0.6 is 11.3 Å². The highest BCUT2D eigenvalue weighted by Crippen LogP contribution is 2.22. The number of carbonyl (C=O) groups is 1. The number of nitrogens with zero attached hydrogens (tertiary/aromatic N) is 2. The maximum absolute atomic E-state index is 12.3. The van der Waals surface area contributed by atoms with E-state index in [2.05, 4.69) is 10.1 Å². The first-order chi connectivity index (χ1) is 9.16. The Bertz CT molecular complexity index is 813. The zero-order valence-electron chi connectivity index (χ0n) is 10.2. The second-order valence-electron chi connectivity index (χ2n) is 4.26. The molecule has 3 rings (SSSR count). The molecule has 0 amide bonds. The summed E-state index contributed by atoms with van der Waals surface area (Å²) in [4.78, 5) is 26.7. The molecule has 0 spiro atoms. The first-order valence-corrected chi connectivity index (χ1v) is 6.66. The largest absolute Gasteiger partial charge is 0.358 e. The van der Waals surface area contributed by atoms with Gasteiger partial charge in [0.25, 0.3) is 0 Å². The molecule has 0 aliphatic heterocycles. The van der Waals surface area contributed by atoms with Crippen molar-refractivity contribution in [3.63, 3.8) is 0 Å². The van der Waals surface area contributed by atoms with Gasteiger partial charge in [-0.3, -0.25) is 9.59 Å². The van der Waals surface area contributed by atoms with Crippen molar-refractivity contribution in [3.8, 4) is 0 Å². The maximum Gasteiger partial charge on any atom is 0.325 e. The average molecular weight is 273 g/mol. The highest BCUT2D eigenvalue weighted by atomic mass is 32.1. The number of aryl methyl sites for hydroxylation is 1. The Kier molecular flexibility index (Phi) is 2.79. The van der Waals surface area contributed by atoms with E-state index in [-0.39, 0.29) is 17.2 Å². The molecule has 0 fully saturated rings. The van der Waals surface area contributed by atoms with Gasteiger partial charge in [-0.05, 0) is 13.0 Å². The quantitative estimate of drug-likeness (QED) is 0.742. The molecule has 0 saturated heterocycles. The number of nitrogens with one attached hydrogen (secondary N) is 1. The number of ketones is 1. The number of hydrogen-bond donors (Lipinski definition) is 1. The Labute approximate surface area is 112 Å². The number of carbonyl (C=O) groups excluding carboxylic acids is 1. The van der Waals surface area contributed by atoms with Crippen LogP contribution in [0, 0.1) is 6.92 Å². The number of Topliss-reactive ketones (excluding diaryl/α,β-unsaturated/α-hetero) is 1. The summed E-state index contributed by atoms with van der Waals surface area (Å²) in [6.45, 7) is 1.84. The summed E-state index contributed by atoms with van der Waals surface area (Å²) in [5.41, 5.74) is 3.82. The zero-order valence-corrected chi connectivity index (χ0v) is 11.0. The minimum Gasteiger partial charge on any atom is -0.358 e. The molecule has 5 nitrogen and oxygen atoms in total. The molecule has 96 valence electrons. The zero-order chi connectivity index (χ0) is 13.4. The van der Waals surface area contributed by atoms with Gasteiger partial charge in [0.05, 0.1) is 0 Å². The molecule has 6 heteroatoms. The van der Waals surface area contributed by atoms with Crippen molar-refractivity contribution >= 4 is 28.0 Å². The number of rotatable bonds is 3. The third kappa shape index (κ3) is 2.00. The Morgan fingerprint density at radius 2 is 2.21 bits per heavy atom. The second kappa shape index (κ2) is 4.47. The minimum absolute atomic E-state index is 0.0228. The van der Waals surface area contributed by atoms with E-state index in [0.717, 1.165) is 27.9 Å². The fourth-order valence-electron chi connectivity index (χ4n) is 2.19. The van der Waals surface area contributed by atoms with Gasteiger partial charge in [-0.25, -0.2) is 4.68 Å². The van der Waals surface area contributed by atoms with Gasteiger partial charge in [0, 0.05) is 22.2 Å². The van der Waals surface area contributed by atoms with E-state index in [1.807, 2.05) is 31.2 Å². The lowest BCUT2D eigenvalue weighted by Gasteiger charge is -2.00. The molecule has 0 radical (unpaired) electrons. The summed E-state index contributed by atoms with van der Waals surface area (Å²) in [7, 11) is 0. The van der Waals surface area contributed by atoms with Crippen molar-refractivity contribution < 1.29 is 4.79 Å². The van der Waals surface area contributed by atoms with E-state index in [0.29, 0.717) is 5.56 Å². The number of benzene rings is 1. The molecule has 0 saturated carbocycles. The second-order valence-corrected chi connectivity index (χ2v) is 5.05. The average Bonchev–Trinajstić information content (AvgIpc) is 2.92. The minimum atomic E-state index is -0.217. The summed E-state index contributed by atoms with van der Waals surface area (Å²) in [6.07, 6.45) is 0. The molecule has 2 aromatic heterocycles. The van der Waals surface area contributed by atoms with Gasteiger partial charge >= 0.3 is 4.87 Å².